The van der Waals surface area contributed by atoms with Crippen LogP contribution in [-0.4, -0.2) is 24.4 Å². The molecule has 1 aliphatic carbocycles. The van der Waals surface area contributed by atoms with Crippen LogP contribution in [0, 0.1) is 11.8 Å². The van der Waals surface area contributed by atoms with E-state index in [4.69, 9.17) is 14.6 Å². The van der Waals surface area contributed by atoms with Crippen LogP contribution < -0.4 is 5.32 Å². The largest absolute Gasteiger partial charge is 0.459 e. The van der Waals surface area contributed by atoms with Crippen molar-refractivity contribution in [2.45, 2.75) is 45.2 Å². The Balaban J connectivity index is 1.61. The summed E-state index contributed by atoms with van der Waals surface area (Å²) in [6.07, 6.45) is 6.08. The first-order valence-electron chi connectivity index (χ1n) is 8.60. The standard InChI is InChI=1S/C19H25NO4/c1-20-19(22)17-9-16(15-3-2-4-15)10-18(24-17)23-12-14-7-5-13(11-21)6-8-14/h5-9,15-16,18,21H,2-4,10-12H2,1H3,(H,20,22)/t16-,18+/m0/s1. The summed E-state index contributed by atoms with van der Waals surface area (Å²) in [5, 5.41) is 11.7. The number of carbonyl (C=O) groups excluding carboxylic acids is 1. The summed E-state index contributed by atoms with van der Waals surface area (Å²) in [6, 6.07) is 7.64. The Kier molecular flexibility index (Phi) is 5.53. The van der Waals surface area contributed by atoms with E-state index >= 15 is 0 Å². The minimum absolute atomic E-state index is 0.0379. The van der Waals surface area contributed by atoms with Crippen molar-refractivity contribution in [3.63, 3.8) is 0 Å². The summed E-state index contributed by atoms with van der Waals surface area (Å²) in [5.41, 5.74) is 1.90. The number of likely N-dealkylation sites (N-methyl/N-ethyl adjacent to an activating group) is 1. The van der Waals surface area contributed by atoms with E-state index < -0.39 is 6.29 Å². The van der Waals surface area contributed by atoms with Gasteiger partial charge in [-0.3, -0.25) is 4.79 Å². The average molecular weight is 331 g/mol. The predicted molar refractivity (Wildman–Crippen MR) is 89.6 cm³/mol. The van der Waals surface area contributed by atoms with Crippen molar-refractivity contribution in [2.75, 3.05) is 7.05 Å². The molecule has 0 aromatic heterocycles. The van der Waals surface area contributed by atoms with E-state index in [1.807, 2.05) is 30.3 Å². The Morgan fingerprint density at radius 2 is 2.00 bits per heavy atom. The van der Waals surface area contributed by atoms with Gasteiger partial charge in [-0.15, -0.1) is 0 Å². The highest BCUT2D eigenvalue weighted by Crippen LogP contribution is 2.39. The van der Waals surface area contributed by atoms with Gasteiger partial charge in [-0.25, -0.2) is 0 Å². The Bertz CT molecular complexity index is 592. The Morgan fingerprint density at radius 1 is 1.29 bits per heavy atom. The highest BCUT2D eigenvalue weighted by molar-refractivity contribution is 5.91. The Hall–Kier alpha value is -1.85. The van der Waals surface area contributed by atoms with Gasteiger partial charge >= 0.3 is 0 Å². The van der Waals surface area contributed by atoms with Crippen molar-refractivity contribution in [1.82, 2.24) is 5.32 Å². The number of aliphatic hydroxyl groups is 1. The second-order valence-corrected chi connectivity index (χ2v) is 6.53. The van der Waals surface area contributed by atoms with E-state index in [2.05, 4.69) is 5.32 Å². The highest BCUT2D eigenvalue weighted by Gasteiger charge is 2.34. The fourth-order valence-corrected chi connectivity index (χ4v) is 3.19. The van der Waals surface area contributed by atoms with Crippen LogP contribution in [0.3, 0.4) is 0 Å². The second kappa shape index (κ2) is 7.81. The van der Waals surface area contributed by atoms with Gasteiger partial charge in [0.05, 0.1) is 13.2 Å². The molecule has 0 radical (unpaired) electrons. The van der Waals surface area contributed by atoms with Gasteiger partial charge in [0.25, 0.3) is 5.91 Å². The van der Waals surface area contributed by atoms with Crippen molar-refractivity contribution >= 4 is 5.91 Å². The number of ether oxygens (including phenoxy) is 2. The molecule has 0 spiro atoms. The van der Waals surface area contributed by atoms with Gasteiger partial charge < -0.3 is 19.9 Å². The number of carbonyl (C=O) groups is 1. The van der Waals surface area contributed by atoms with Gasteiger partial charge in [0.2, 0.25) is 6.29 Å². The van der Waals surface area contributed by atoms with Crippen LogP contribution in [0.5, 0.6) is 0 Å². The van der Waals surface area contributed by atoms with Crippen molar-refractivity contribution in [3.8, 4) is 0 Å². The summed E-state index contributed by atoms with van der Waals surface area (Å²) < 4.78 is 11.7. The predicted octanol–water partition coefficient (Wildman–Crippen LogP) is 2.49. The van der Waals surface area contributed by atoms with Gasteiger partial charge in [0.1, 0.15) is 0 Å². The Morgan fingerprint density at radius 3 is 2.58 bits per heavy atom. The number of hydrogen-bond acceptors (Lipinski definition) is 4. The maximum Gasteiger partial charge on any atom is 0.285 e. The van der Waals surface area contributed by atoms with E-state index in [1.165, 1.54) is 19.3 Å². The third-order valence-corrected chi connectivity index (χ3v) is 4.94. The number of allylic oxidation sites excluding steroid dienone is 1. The van der Waals surface area contributed by atoms with Crippen LogP contribution in [0.2, 0.25) is 0 Å². The summed E-state index contributed by atoms with van der Waals surface area (Å²) in [6.45, 7) is 0.463. The topological polar surface area (TPSA) is 67.8 Å². The number of benzene rings is 1. The molecule has 0 saturated heterocycles. The molecule has 0 bridgehead atoms. The van der Waals surface area contributed by atoms with E-state index in [0.717, 1.165) is 17.5 Å². The van der Waals surface area contributed by atoms with Crippen molar-refractivity contribution in [3.05, 3.63) is 47.2 Å². The van der Waals surface area contributed by atoms with Gasteiger partial charge in [-0.05, 0) is 41.9 Å². The minimum atomic E-state index is -0.398. The molecule has 1 amide bonds. The zero-order valence-electron chi connectivity index (χ0n) is 14.0. The molecular weight excluding hydrogens is 306 g/mol. The van der Waals surface area contributed by atoms with Crippen molar-refractivity contribution < 1.29 is 19.4 Å². The van der Waals surface area contributed by atoms with Crippen LogP contribution in [0.4, 0.5) is 0 Å². The fourth-order valence-electron chi connectivity index (χ4n) is 3.19. The molecule has 2 atom stereocenters. The molecule has 3 rings (SSSR count). The van der Waals surface area contributed by atoms with E-state index in [9.17, 15) is 4.79 Å². The monoisotopic (exact) mass is 331 g/mol. The second-order valence-electron chi connectivity index (χ2n) is 6.53. The van der Waals surface area contributed by atoms with Crippen LogP contribution in [0.15, 0.2) is 36.1 Å². The lowest BCUT2D eigenvalue weighted by atomic mass is 9.73. The summed E-state index contributed by atoms with van der Waals surface area (Å²) in [5.74, 6) is 1.17. The number of aliphatic hydroxyl groups excluding tert-OH is 1. The van der Waals surface area contributed by atoms with Gasteiger partial charge in [-0.1, -0.05) is 30.7 Å². The number of rotatable bonds is 6. The average Bonchev–Trinajstić information content (AvgIpc) is 2.58. The molecule has 5 heteroatoms. The molecule has 1 aromatic carbocycles. The number of nitrogens with one attached hydrogen (secondary N) is 1. The smallest absolute Gasteiger partial charge is 0.285 e. The first-order valence-corrected chi connectivity index (χ1v) is 8.60. The molecule has 24 heavy (non-hydrogen) atoms. The van der Waals surface area contributed by atoms with Crippen LogP contribution in [-0.2, 0) is 27.5 Å². The van der Waals surface area contributed by atoms with Crippen LogP contribution >= 0.6 is 0 Å². The zero-order valence-corrected chi connectivity index (χ0v) is 14.0. The van der Waals surface area contributed by atoms with Crippen molar-refractivity contribution in [2.24, 2.45) is 11.8 Å². The van der Waals surface area contributed by atoms with E-state index in [-0.39, 0.29) is 12.5 Å². The molecule has 1 fully saturated rings. The van der Waals surface area contributed by atoms with Gasteiger partial charge in [-0.2, -0.15) is 0 Å². The lowest BCUT2D eigenvalue weighted by molar-refractivity contribution is -0.156. The molecule has 1 heterocycles. The molecule has 0 unspecified atom stereocenters. The van der Waals surface area contributed by atoms with E-state index in [0.29, 0.717) is 24.2 Å². The Labute approximate surface area is 142 Å². The normalized spacial score (nSPS) is 23.8. The maximum absolute atomic E-state index is 11.9. The molecule has 1 aromatic rings. The first-order chi connectivity index (χ1) is 11.7. The maximum atomic E-state index is 11.9. The third-order valence-electron chi connectivity index (χ3n) is 4.94. The molecule has 2 N–H and O–H groups in total. The van der Waals surface area contributed by atoms with Gasteiger partial charge in [0, 0.05) is 13.5 Å². The minimum Gasteiger partial charge on any atom is -0.459 e. The molecule has 1 aliphatic heterocycles. The summed E-state index contributed by atoms with van der Waals surface area (Å²) in [7, 11) is 1.61. The SMILES string of the molecule is CNC(=O)C1=C[C@H](C2CCC2)C[C@H](OCc2ccc(CO)cc2)O1. The quantitative estimate of drug-likeness (QED) is 0.840. The third kappa shape index (κ3) is 3.97. The lowest BCUT2D eigenvalue weighted by Gasteiger charge is -2.37. The van der Waals surface area contributed by atoms with Crippen LogP contribution in [0.1, 0.15) is 36.8 Å². The zero-order chi connectivity index (χ0) is 16.9. The molecular formula is C19H25NO4. The highest BCUT2D eigenvalue weighted by atomic mass is 16.7. The van der Waals surface area contributed by atoms with Gasteiger partial charge in [0.15, 0.2) is 5.76 Å². The molecule has 130 valence electrons. The first kappa shape index (κ1) is 17.0. The van der Waals surface area contributed by atoms with Crippen LogP contribution in [0.25, 0.3) is 0 Å². The van der Waals surface area contributed by atoms with Crippen molar-refractivity contribution in [1.29, 1.82) is 0 Å². The number of amides is 1. The number of hydrogen-bond donors (Lipinski definition) is 2. The molecule has 2 aliphatic rings. The van der Waals surface area contributed by atoms with E-state index in [1.54, 1.807) is 7.05 Å². The summed E-state index contributed by atoms with van der Waals surface area (Å²) in [4.78, 5) is 11.9. The fraction of sp³-hybridized carbons (Fsp3) is 0.526. The lowest BCUT2D eigenvalue weighted by Crippen LogP contribution is -2.35. The summed E-state index contributed by atoms with van der Waals surface area (Å²) >= 11 is 0. The molecule has 5 nitrogen and oxygen atoms in total. The molecule has 1 saturated carbocycles.